The molecule has 3 N–H and O–H groups in total. The fourth-order valence-electron chi connectivity index (χ4n) is 3.00. The fraction of sp³-hybridized carbons (Fsp3) is 0.625. The van der Waals surface area contributed by atoms with E-state index in [2.05, 4.69) is 4.90 Å². The molecule has 0 amide bonds. The molecule has 2 rings (SSSR count). The third-order valence-electron chi connectivity index (χ3n) is 4.17. The Balaban J connectivity index is 1.79. The molecule has 0 bridgehead atoms. The van der Waals surface area contributed by atoms with Crippen molar-refractivity contribution in [2.75, 3.05) is 26.2 Å². The van der Waals surface area contributed by atoms with Crippen LogP contribution in [0, 0.1) is 5.92 Å². The highest BCUT2D eigenvalue weighted by Crippen LogP contribution is 2.22. The molecule has 2 atom stereocenters. The number of nitrogens with two attached hydrogens (primary N) is 1. The Labute approximate surface area is 126 Å². The van der Waals surface area contributed by atoms with Crippen LogP contribution in [0.25, 0.3) is 0 Å². The van der Waals surface area contributed by atoms with Crippen molar-refractivity contribution in [3.8, 4) is 0 Å². The van der Waals surface area contributed by atoms with E-state index in [-0.39, 0.29) is 6.04 Å². The number of rotatable bonds is 6. The molecule has 0 radical (unpaired) electrons. The molecule has 1 saturated heterocycles. The van der Waals surface area contributed by atoms with Gasteiger partial charge in [-0.1, -0.05) is 23.7 Å². The Kier molecular flexibility index (Phi) is 6.30. The second-order valence-electron chi connectivity index (χ2n) is 5.77. The lowest BCUT2D eigenvalue weighted by Gasteiger charge is -2.33. The summed E-state index contributed by atoms with van der Waals surface area (Å²) in [5.41, 5.74) is 7.36. The number of hydrogen-bond donors (Lipinski definition) is 2. The van der Waals surface area contributed by atoms with Crippen molar-refractivity contribution in [1.29, 1.82) is 0 Å². The average Bonchev–Trinajstić information content (AvgIpc) is 2.45. The van der Waals surface area contributed by atoms with Crippen molar-refractivity contribution in [2.45, 2.75) is 31.7 Å². The molecule has 3 nitrogen and oxygen atoms in total. The van der Waals surface area contributed by atoms with E-state index in [4.69, 9.17) is 22.4 Å². The highest BCUT2D eigenvalue weighted by atomic mass is 35.5. The second-order valence-corrected chi connectivity index (χ2v) is 6.21. The van der Waals surface area contributed by atoms with Gasteiger partial charge in [-0.3, -0.25) is 0 Å². The number of halogens is 1. The smallest absolute Gasteiger partial charge is 0.0434 e. The Morgan fingerprint density at radius 1 is 1.45 bits per heavy atom. The van der Waals surface area contributed by atoms with Crippen LogP contribution in [-0.2, 0) is 0 Å². The van der Waals surface area contributed by atoms with Gasteiger partial charge in [0.25, 0.3) is 0 Å². The molecule has 0 aromatic heterocycles. The van der Waals surface area contributed by atoms with E-state index in [9.17, 15) is 0 Å². The maximum Gasteiger partial charge on any atom is 0.0434 e. The summed E-state index contributed by atoms with van der Waals surface area (Å²) in [4.78, 5) is 2.48. The van der Waals surface area contributed by atoms with Gasteiger partial charge in [0.15, 0.2) is 0 Å². The van der Waals surface area contributed by atoms with Gasteiger partial charge >= 0.3 is 0 Å². The molecule has 1 heterocycles. The number of benzene rings is 1. The summed E-state index contributed by atoms with van der Waals surface area (Å²) >= 11 is 6.00. The van der Waals surface area contributed by atoms with Crippen molar-refractivity contribution in [3.63, 3.8) is 0 Å². The zero-order chi connectivity index (χ0) is 14.4. The molecule has 1 aliphatic rings. The summed E-state index contributed by atoms with van der Waals surface area (Å²) in [6.45, 7) is 3.59. The van der Waals surface area contributed by atoms with E-state index in [1.807, 2.05) is 24.3 Å². The Morgan fingerprint density at radius 2 is 2.30 bits per heavy atom. The first-order valence-corrected chi connectivity index (χ1v) is 7.91. The molecule has 4 heteroatoms. The molecule has 0 spiro atoms. The predicted octanol–water partition coefficient (Wildman–Crippen LogP) is 2.82. The van der Waals surface area contributed by atoms with Crippen LogP contribution in [0.15, 0.2) is 24.3 Å². The molecule has 1 aliphatic heterocycles. The van der Waals surface area contributed by atoms with Crippen molar-refractivity contribution >= 4 is 11.6 Å². The Hall–Kier alpha value is -0.610. The molecule has 1 fully saturated rings. The van der Waals surface area contributed by atoms with Crippen LogP contribution in [0.4, 0.5) is 0 Å². The number of aliphatic hydroxyl groups is 1. The lowest BCUT2D eigenvalue weighted by atomic mass is 9.94. The van der Waals surface area contributed by atoms with Crippen molar-refractivity contribution in [2.24, 2.45) is 11.7 Å². The van der Waals surface area contributed by atoms with Crippen LogP contribution in [0.3, 0.4) is 0 Å². The van der Waals surface area contributed by atoms with Crippen molar-refractivity contribution in [3.05, 3.63) is 34.9 Å². The van der Waals surface area contributed by atoms with Crippen LogP contribution < -0.4 is 5.73 Å². The Morgan fingerprint density at radius 3 is 3.05 bits per heavy atom. The van der Waals surface area contributed by atoms with E-state index in [1.165, 1.54) is 12.8 Å². The third-order valence-corrected chi connectivity index (χ3v) is 4.41. The average molecular weight is 297 g/mol. The van der Waals surface area contributed by atoms with Crippen LogP contribution >= 0.6 is 11.6 Å². The fourth-order valence-corrected chi connectivity index (χ4v) is 3.20. The highest BCUT2D eigenvalue weighted by molar-refractivity contribution is 6.30. The summed E-state index contributed by atoms with van der Waals surface area (Å²) in [5.74, 6) is 0.649. The van der Waals surface area contributed by atoms with E-state index in [0.717, 1.165) is 43.1 Å². The zero-order valence-corrected chi connectivity index (χ0v) is 12.7. The van der Waals surface area contributed by atoms with E-state index in [0.29, 0.717) is 12.5 Å². The van der Waals surface area contributed by atoms with Crippen LogP contribution in [0.1, 0.15) is 37.3 Å². The molecule has 1 aromatic carbocycles. The minimum Gasteiger partial charge on any atom is -0.396 e. The normalized spacial score (nSPS) is 21.9. The van der Waals surface area contributed by atoms with Crippen LogP contribution in [-0.4, -0.2) is 36.2 Å². The summed E-state index contributed by atoms with van der Waals surface area (Å²) in [7, 11) is 0. The standard InChI is InChI=1S/C16H25ClN2O/c17-15-5-1-4-14(11-15)16(18)6-9-19-8-2-3-13(12-19)7-10-20/h1,4-5,11,13,16,20H,2-3,6-10,12,18H2. The van der Waals surface area contributed by atoms with E-state index < -0.39 is 0 Å². The van der Waals surface area contributed by atoms with Crippen molar-refractivity contribution in [1.82, 2.24) is 4.90 Å². The van der Waals surface area contributed by atoms with Gasteiger partial charge in [0.1, 0.15) is 0 Å². The maximum atomic E-state index is 9.05. The third kappa shape index (κ3) is 4.74. The number of nitrogens with zero attached hydrogens (tertiary/aromatic N) is 1. The largest absolute Gasteiger partial charge is 0.396 e. The molecule has 2 unspecified atom stereocenters. The molecule has 0 aliphatic carbocycles. The van der Waals surface area contributed by atoms with Crippen molar-refractivity contribution < 1.29 is 5.11 Å². The van der Waals surface area contributed by atoms with E-state index in [1.54, 1.807) is 0 Å². The van der Waals surface area contributed by atoms with Crippen LogP contribution in [0.5, 0.6) is 0 Å². The number of hydrogen-bond acceptors (Lipinski definition) is 3. The minimum atomic E-state index is 0.0481. The first-order chi connectivity index (χ1) is 9.69. The lowest BCUT2D eigenvalue weighted by molar-refractivity contribution is 0.144. The Bertz CT molecular complexity index is 411. The molecule has 112 valence electrons. The first-order valence-electron chi connectivity index (χ1n) is 7.53. The van der Waals surface area contributed by atoms with Gasteiger partial charge in [0.05, 0.1) is 0 Å². The van der Waals surface area contributed by atoms with Crippen LogP contribution in [0.2, 0.25) is 5.02 Å². The first kappa shape index (κ1) is 15.8. The topological polar surface area (TPSA) is 49.5 Å². The molecule has 20 heavy (non-hydrogen) atoms. The lowest BCUT2D eigenvalue weighted by Crippen LogP contribution is -2.37. The SMILES string of the molecule is NC(CCN1CCCC(CCO)C1)c1cccc(Cl)c1. The van der Waals surface area contributed by atoms with Gasteiger partial charge in [-0.05, 0) is 62.4 Å². The summed E-state index contributed by atoms with van der Waals surface area (Å²) in [5, 5.41) is 9.80. The number of piperidine rings is 1. The quantitative estimate of drug-likeness (QED) is 0.849. The van der Waals surface area contributed by atoms with Gasteiger partial charge in [0.2, 0.25) is 0 Å². The minimum absolute atomic E-state index is 0.0481. The summed E-state index contributed by atoms with van der Waals surface area (Å²) in [6, 6.07) is 7.88. The molecule has 0 saturated carbocycles. The number of aliphatic hydroxyl groups excluding tert-OH is 1. The maximum absolute atomic E-state index is 9.05. The number of likely N-dealkylation sites (tertiary alicyclic amines) is 1. The second kappa shape index (κ2) is 7.99. The molecular weight excluding hydrogens is 272 g/mol. The highest BCUT2D eigenvalue weighted by Gasteiger charge is 2.19. The zero-order valence-electron chi connectivity index (χ0n) is 12.0. The van der Waals surface area contributed by atoms with Gasteiger partial charge in [0, 0.05) is 24.2 Å². The van der Waals surface area contributed by atoms with Gasteiger partial charge in [-0.25, -0.2) is 0 Å². The summed E-state index contributed by atoms with van der Waals surface area (Å²) < 4.78 is 0. The van der Waals surface area contributed by atoms with E-state index >= 15 is 0 Å². The predicted molar refractivity (Wildman–Crippen MR) is 83.9 cm³/mol. The van der Waals surface area contributed by atoms with Gasteiger partial charge in [-0.2, -0.15) is 0 Å². The van der Waals surface area contributed by atoms with Gasteiger partial charge < -0.3 is 15.7 Å². The summed E-state index contributed by atoms with van der Waals surface area (Å²) in [6.07, 6.45) is 4.36. The van der Waals surface area contributed by atoms with Gasteiger partial charge in [-0.15, -0.1) is 0 Å². The molecular formula is C16H25ClN2O. The monoisotopic (exact) mass is 296 g/mol. The molecule has 1 aromatic rings.